The van der Waals surface area contributed by atoms with Crippen molar-refractivity contribution in [3.05, 3.63) is 86.5 Å². The van der Waals surface area contributed by atoms with Crippen LogP contribution in [-0.4, -0.2) is 43.9 Å². The van der Waals surface area contributed by atoms with Crippen molar-refractivity contribution in [3.8, 4) is 17.1 Å². The first-order valence-corrected chi connectivity index (χ1v) is 12.1. The number of nitrogens with zero attached hydrogens (tertiary/aromatic N) is 3. The molecule has 8 nitrogen and oxygen atoms in total. The number of aromatic nitrogens is 4. The largest absolute Gasteiger partial charge is 0.477 e. The number of methoxy groups -OCH3 is 1. The number of benzene rings is 2. The van der Waals surface area contributed by atoms with Crippen LogP contribution in [0.25, 0.3) is 23.2 Å². The topological polar surface area (TPSA) is 110 Å². The lowest BCUT2D eigenvalue weighted by Crippen LogP contribution is -2.08. The lowest BCUT2D eigenvalue weighted by atomic mass is 10.1. The van der Waals surface area contributed by atoms with Crippen LogP contribution < -0.4 is 0 Å². The Hall–Kier alpha value is -3.82. The summed E-state index contributed by atoms with van der Waals surface area (Å²) in [5, 5.41) is 17.8. The van der Waals surface area contributed by atoms with Gasteiger partial charge in [-0.1, -0.05) is 17.7 Å². The van der Waals surface area contributed by atoms with Crippen LogP contribution in [0.2, 0.25) is 5.02 Å². The molecular formula is C26H23ClN4O4S. The molecule has 2 heterocycles. The molecule has 2 aromatic heterocycles. The minimum absolute atomic E-state index is 0.0666. The fourth-order valence-electron chi connectivity index (χ4n) is 3.90. The Balaban J connectivity index is 1.68. The highest BCUT2D eigenvalue weighted by Gasteiger charge is 2.19. The molecule has 0 amide bonds. The molecule has 0 bridgehead atoms. The maximum Gasteiger partial charge on any atom is 0.342 e. The molecule has 0 saturated carbocycles. The normalized spacial score (nSPS) is 11.5. The smallest absolute Gasteiger partial charge is 0.342 e. The second-order valence-corrected chi connectivity index (χ2v) is 9.44. The average Bonchev–Trinajstić information content (AvgIpc) is 3.43. The summed E-state index contributed by atoms with van der Waals surface area (Å²) < 4.78 is 6.89. The highest BCUT2D eigenvalue weighted by molar-refractivity contribution is 8.04. The molecule has 4 aromatic rings. The second-order valence-electron chi connectivity index (χ2n) is 7.99. The molecule has 0 unspecified atom stereocenters. The van der Waals surface area contributed by atoms with Crippen LogP contribution in [0, 0.1) is 20.8 Å². The average molecular weight is 523 g/mol. The standard InChI is InChI=1S/C26H23ClN4O4S/c1-14-12-18(16(3)31(14)21-7-5-6-20(15(21)2)25(34)35-4)13-22(24(32)33)36-26-28-23(29-30-26)17-8-10-19(27)11-9-17/h5-13H,1-4H3,(H,32,33)(H,28,29,30)/b22-13+. The van der Waals surface area contributed by atoms with E-state index in [0.717, 1.165) is 45.5 Å². The summed E-state index contributed by atoms with van der Waals surface area (Å²) >= 11 is 6.90. The molecular weight excluding hydrogens is 500 g/mol. The van der Waals surface area contributed by atoms with Crippen molar-refractivity contribution in [2.45, 2.75) is 25.9 Å². The van der Waals surface area contributed by atoms with Gasteiger partial charge in [-0.15, -0.1) is 5.10 Å². The zero-order valence-corrected chi connectivity index (χ0v) is 21.6. The number of carboxylic acids is 1. The zero-order valence-electron chi connectivity index (χ0n) is 20.0. The van der Waals surface area contributed by atoms with Gasteiger partial charge in [0.05, 0.1) is 12.7 Å². The third kappa shape index (κ3) is 5.07. The van der Waals surface area contributed by atoms with Gasteiger partial charge in [-0.2, -0.15) is 0 Å². The first-order chi connectivity index (χ1) is 17.2. The Morgan fingerprint density at radius 2 is 1.86 bits per heavy atom. The Morgan fingerprint density at radius 1 is 1.14 bits per heavy atom. The fourth-order valence-corrected chi connectivity index (χ4v) is 4.73. The monoisotopic (exact) mass is 522 g/mol. The molecule has 36 heavy (non-hydrogen) atoms. The summed E-state index contributed by atoms with van der Waals surface area (Å²) in [7, 11) is 1.35. The Morgan fingerprint density at radius 3 is 2.53 bits per heavy atom. The number of aliphatic carboxylic acids is 1. The molecule has 0 aliphatic carbocycles. The van der Waals surface area contributed by atoms with Crippen LogP contribution in [-0.2, 0) is 9.53 Å². The lowest BCUT2D eigenvalue weighted by Gasteiger charge is -2.15. The first-order valence-electron chi connectivity index (χ1n) is 10.9. The van der Waals surface area contributed by atoms with E-state index in [9.17, 15) is 14.7 Å². The molecule has 2 N–H and O–H groups in total. The van der Waals surface area contributed by atoms with Crippen molar-refractivity contribution in [2.75, 3.05) is 7.11 Å². The van der Waals surface area contributed by atoms with E-state index < -0.39 is 11.9 Å². The van der Waals surface area contributed by atoms with Gasteiger partial charge in [0.25, 0.3) is 0 Å². The van der Waals surface area contributed by atoms with Gasteiger partial charge in [0.15, 0.2) is 5.82 Å². The number of nitrogens with one attached hydrogen (secondary N) is 1. The summed E-state index contributed by atoms with van der Waals surface area (Å²) in [6.07, 6.45) is 1.60. The van der Waals surface area contributed by atoms with E-state index in [1.165, 1.54) is 7.11 Å². The van der Waals surface area contributed by atoms with Crippen molar-refractivity contribution >= 4 is 41.4 Å². The highest BCUT2D eigenvalue weighted by Crippen LogP contribution is 2.31. The summed E-state index contributed by atoms with van der Waals surface area (Å²) in [5.74, 6) is -0.990. The summed E-state index contributed by atoms with van der Waals surface area (Å²) in [4.78, 5) is 28.7. The molecule has 10 heteroatoms. The molecule has 0 saturated heterocycles. The number of hydrogen-bond donors (Lipinski definition) is 2. The van der Waals surface area contributed by atoms with Gasteiger partial charge >= 0.3 is 11.9 Å². The number of aryl methyl sites for hydroxylation is 1. The number of halogens is 1. The van der Waals surface area contributed by atoms with E-state index in [2.05, 4.69) is 15.2 Å². The van der Waals surface area contributed by atoms with Gasteiger partial charge in [-0.3, -0.25) is 5.10 Å². The van der Waals surface area contributed by atoms with Gasteiger partial charge in [-0.05, 0) is 92.2 Å². The SMILES string of the molecule is COC(=O)c1cccc(-n2c(C)cc(/C=C(/Sc3n[nH]c(-c4ccc(Cl)cc4)n3)C(=O)O)c2C)c1C. The number of carbonyl (C=O) groups is 2. The van der Waals surface area contributed by atoms with E-state index in [-0.39, 0.29) is 10.1 Å². The second kappa shape index (κ2) is 10.4. The number of thioether (sulfide) groups is 1. The predicted molar refractivity (Wildman–Crippen MR) is 140 cm³/mol. The predicted octanol–water partition coefficient (Wildman–Crippen LogP) is 5.85. The third-order valence-corrected chi connectivity index (χ3v) is 6.83. The number of esters is 1. The van der Waals surface area contributed by atoms with E-state index in [1.54, 1.807) is 42.5 Å². The first kappa shape index (κ1) is 25.3. The fraction of sp³-hybridized carbons (Fsp3) is 0.154. The number of carbonyl (C=O) groups excluding carboxylic acids is 1. The highest BCUT2D eigenvalue weighted by atomic mass is 35.5. The van der Waals surface area contributed by atoms with Gasteiger partial charge in [0, 0.05) is 27.7 Å². The molecule has 0 spiro atoms. The number of aromatic amines is 1. The van der Waals surface area contributed by atoms with Crippen LogP contribution in [0.1, 0.15) is 32.9 Å². The minimum Gasteiger partial charge on any atom is -0.477 e. The van der Waals surface area contributed by atoms with Crippen LogP contribution in [0.5, 0.6) is 0 Å². The molecule has 0 aliphatic rings. The van der Waals surface area contributed by atoms with Crippen molar-refractivity contribution in [3.63, 3.8) is 0 Å². The maximum absolute atomic E-state index is 12.2. The van der Waals surface area contributed by atoms with E-state index in [0.29, 0.717) is 16.4 Å². The van der Waals surface area contributed by atoms with Crippen LogP contribution in [0.15, 0.2) is 58.6 Å². The molecule has 0 fully saturated rings. The van der Waals surface area contributed by atoms with E-state index >= 15 is 0 Å². The number of carboxylic acid groups (broad SMARTS) is 1. The number of ether oxygens (including phenoxy) is 1. The van der Waals surface area contributed by atoms with Gasteiger partial charge in [-0.25, -0.2) is 14.6 Å². The molecule has 0 aliphatic heterocycles. The quantitative estimate of drug-likeness (QED) is 0.178. The van der Waals surface area contributed by atoms with E-state index in [1.807, 2.05) is 37.5 Å². The Labute approximate surface area is 217 Å². The van der Waals surface area contributed by atoms with Crippen LogP contribution >= 0.6 is 23.4 Å². The number of H-pyrrole nitrogens is 1. The van der Waals surface area contributed by atoms with Gasteiger partial charge in [0.1, 0.15) is 4.91 Å². The van der Waals surface area contributed by atoms with Crippen molar-refractivity contribution in [1.82, 2.24) is 19.7 Å². The summed E-state index contributed by atoms with van der Waals surface area (Å²) in [6.45, 7) is 5.69. The minimum atomic E-state index is -1.09. The zero-order chi connectivity index (χ0) is 26.0. The molecule has 184 valence electrons. The summed E-state index contributed by atoms with van der Waals surface area (Å²) in [5.41, 5.74) is 5.29. The van der Waals surface area contributed by atoms with Gasteiger partial charge < -0.3 is 14.4 Å². The van der Waals surface area contributed by atoms with Crippen molar-refractivity contribution < 1.29 is 19.4 Å². The van der Waals surface area contributed by atoms with Gasteiger partial charge in [0.2, 0.25) is 5.16 Å². The van der Waals surface area contributed by atoms with Crippen molar-refractivity contribution in [1.29, 1.82) is 0 Å². The van der Waals surface area contributed by atoms with Crippen molar-refractivity contribution in [2.24, 2.45) is 0 Å². The molecule has 4 rings (SSSR count). The Bertz CT molecular complexity index is 1490. The Kier molecular flexibility index (Phi) is 7.32. The lowest BCUT2D eigenvalue weighted by molar-refractivity contribution is -0.131. The number of hydrogen-bond acceptors (Lipinski definition) is 6. The third-order valence-electron chi connectivity index (χ3n) is 5.70. The van der Waals surface area contributed by atoms with E-state index in [4.69, 9.17) is 16.3 Å². The molecule has 0 atom stereocenters. The maximum atomic E-state index is 12.2. The summed E-state index contributed by atoms with van der Waals surface area (Å²) in [6, 6.07) is 14.4. The van der Waals surface area contributed by atoms with Crippen LogP contribution in [0.3, 0.4) is 0 Å². The molecule has 2 aromatic carbocycles. The van der Waals surface area contributed by atoms with Crippen LogP contribution in [0.4, 0.5) is 0 Å². The molecule has 0 radical (unpaired) electrons. The number of rotatable bonds is 7.